The van der Waals surface area contributed by atoms with E-state index in [4.69, 9.17) is 0 Å². The fraction of sp³-hybridized carbons (Fsp3) is 0.500. The Bertz CT molecular complexity index is 423. The van der Waals surface area contributed by atoms with Crippen molar-refractivity contribution in [3.05, 3.63) is 35.9 Å². The van der Waals surface area contributed by atoms with Gasteiger partial charge in [0.1, 0.15) is 0 Å². The molecule has 0 aromatic heterocycles. The lowest BCUT2D eigenvalue weighted by atomic mass is 9.99. The van der Waals surface area contributed by atoms with Crippen LogP contribution < -0.4 is 0 Å². The van der Waals surface area contributed by atoms with E-state index in [2.05, 4.69) is 0 Å². The van der Waals surface area contributed by atoms with Crippen LogP contribution in [0.3, 0.4) is 0 Å². The summed E-state index contributed by atoms with van der Waals surface area (Å²) in [4.78, 5) is 0. The molecule has 0 heterocycles. The zero-order valence-electron chi connectivity index (χ0n) is 9.79. The van der Waals surface area contributed by atoms with Gasteiger partial charge in [0.15, 0.2) is 9.84 Å². The summed E-state index contributed by atoms with van der Waals surface area (Å²) in [6.07, 6.45) is 0.209. The molecule has 0 bridgehead atoms. The van der Waals surface area contributed by atoms with Crippen molar-refractivity contribution in [2.75, 3.05) is 6.26 Å². The lowest BCUT2D eigenvalue weighted by Gasteiger charge is -2.24. The molecule has 16 heavy (non-hydrogen) atoms. The monoisotopic (exact) mass is 242 g/mol. The summed E-state index contributed by atoms with van der Waals surface area (Å²) in [5.74, 6) is -0.120. The summed E-state index contributed by atoms with van der Waals surface area (Å²) in [5, 5.41) is 9.35. The van der Waals surface area contributed by atoms with E-state index in [9.17, 15) is 13.5 Å². The van der Waals surface area contributed by atoms with Crippen LogP contribution in [0, 0.1) is 5.92 Å². The Morgan fingerprint density at radius 3 is 2.00 bits per heavy atom. The SMILES string of the molecule is CC(C)C(C(O)c1ccccc1)S(C)(=O)=O. The minimum absolute atomic E-state index is 0.120. The molecule has 1 rings (SSSR count). The van der Waals surface area contributed by atoms with Crippen molar-refractivity contribution >= 4 is 9.84 Å². The van der Waals surface area contributed by atoms with Crippen LogP contribution in [0.25, 0.3) is 0 Å². The maximum Gasteiger partial charge on any atom is 0.153 e. The van der Waals surface area contributed by atoms with Crippen LogP contribution in [0.15, 0.2) is 30.3 Å². The Morgan fingerprint density at radius 2 is 1.62 bits per heavy atom. The third kappa shape index (κ3) is 3.06. The van der Waals surface area contributed by atoms with Crippen molar-refractivity contribution in [2.24, 2.45) is 5.92 Å². The summed E-state index contributed by atoms with van der Waals surface area (Å²) in [5.41, 5.74) is 0.645. The Hall–Kier alpha value is -0.870. The predicted molar refractivity (Wildman–Crippen MR) is 64.9 cm³/mol. The number of rotatable bonds is 4. The molecule has 4 heteroatoms. The second-order valence-electron chi connectivity index (χ2n) is 4.39. The van der Waals surface area contributed by atoms with Gasteiger partial charge in [-0.05, 0) is 11.5 Å². The van der Waals surface area contributed by atoms with E-state index >= 15 is 0 Å². The molecule has 1 N–H and O–H groups in total. The first-order valence-electron chi connectivity index (χ1n) is 5.26. The Labute approximate surface area is 97.0 Å². The topological polar surface area (TPSA) is 54.4 Å². The number of benzene rings is 1. The molecule has 0 radical (unpaired) electrons. The lowest BCUT2D eigenvalue weighted by Crippen LogP contribution is -2.32. The summed E-state index contributed by atoms with van der Waals surface area (Å²) < 4.78 is 23.3. The standard InChI is InChI=1S/C12H18O3S/c1-9(2)12(16(3,14)15)11(13)10-7-5-4-6-8-10/h4-9,11-13H,1-3H3. The highest BCUT2D eigenvalue weighted by atomic mass is 32.2. The average molecular weight is 242 g/mol. The van der Waals surface area contributed by atoms with Crippen molar-refractivity contribution in [3.8, 4) is 0 Å². The first-order chi connectivity index (χ1) is 7.34. The van der Waals surface area contributed by atoms with Gasteiger partial charge >= 0.3 is 0 Å². The van der Waals surface area contributed by atoms with Crippen molar-refractivity contribution in [1.82, 2.24) is 0 Å². The van der Waals surface area contributed by atoms with Gasteiger partial charge in [-0.15, -0.1) is 0 Å². The zero-order valence-corrected chi connectivity index (χ0v) is 10.6. The first kappa shape index (κ1) is 13.2. The normalized spacial score (nSPS) is 16.1. The van der Waals surface area contributed by atoms with Crippen LogP contribution >= 0.6 is 0 Å². The number of hydrogen-bond donors (Lipinski definition) is 1. The van der Waals surface area contributed by atoms with Gasteiger partial charge in [0, 0.05) is 6.26 Å². The Balaban J connectivity index is 3.07. The molecule has 1 aromatic rings. The highest BCUT2D eigenvalue weighted by Gasteiger charge is 2.32. The molecule has 0 fully saturated rings. The molecule has 0 aliphatic heterocycles. The predicted octanol–water partition coefficient (Wildman–Crippen LogP) is 1.79. The van der Waals surface area contributed by atoms with Crippen molar-refractivity contribution in [1.29, 1.82) is 0 Å². The number of hydrogen-bond acceptors (Lipinski definition) is 3. The smallest absolute Gasteiger partial charge is 0.153 e. The van der Waals surface area contributed by atoms with Crippen LogP contribution in [0.2, 0.25) is 0 Å². The highest BCUT2D eigenvalue weighted by Crippen LogP contribution is 2.27. The van der Waals surface area contributed by atoms with E-state index < -0.39 is 21.2 Å². The van der Waals surface area contributed by atoms with E-state index in [1.54, 1.807) is 38.1 Å². The number of sulfone groups is 1. The van der Waals surface area contributed by atoms with E-state index in [-0.39, 0.29) is 5.92 Å². The summed E-state index contributed by atoms with van der Waals surface area (Å²) in [6.45, 7) is 3.61. The van der Waals surface area contributed by atoms with Crippen LogP contribution in [-0.4, -0.2) is 25.0 Å². The number of aliphatic hydroxyl groups is 1. The van der Waals surface area contributed by atoms with E-state index in [0.29, 0.717) is 5.56 Å². The second kappa shape index (κ2) is 4.97. The zero-order chi connectivity index (χ0) is 12.3. The average Bonchev–Trinajstić information content (AvgIpc) is 2.16. The van der Waals surface area contributed by atoms with Crippen LogP contribution in [0.4, 0.5) is 0 Å². The molecule has 90 valence electrons. The molecular formula is C12H18O3S. The van der Waals surface area contributed by atoms with E-state index in [0.717, 1.165) is 0 Å². The third-order valence-corrected chi connectivity index (χ3v) is 4.39. The largest absolute Gasteiger partial charge is 0.387 e. The summed E-state index contributed by atoms with van der Waals surface area (Å²) >= 11 is 0. The van der Waals surface area contributed by atoms with Crippen LogP contribution in [-0.2, 0) is 9.84 Å². The summed E-state index contributed by atoms with van der Waals surface area (Å²) in [6, 6.07) is 8.90. The molecule has 0 saturated heterocycles. The molecule has 1 aromatic carbocycles. The van der Waals surface area contributed by atoms with Gasteiger partial charge in [0.2, 0.25) is 0 Å². The molecule has 0 aliphatic carbocycles. The van der Waals surface area contributed by atoms with Gasteiger partial charge in [-0.2, -0.15) is 0 Å². The molecule has 0 amide bonds. The summed E-state index contributed by atoms with van der Waals surface area (Å²) in [7, 11) is -3.26. The molecule has 3 nitrogen and oxygen atoms in total. The lowest BCUT2D eigenvalue weighted by molar-refractivity contribution is 0.154. The van der Waals surface area contributed by atoms with Gasteiger partial charge in [-0.25, -0.2) is 8.42 Å². The fourth-order valence-electron chi connectivity index (χ4n) is 1.93. The van der Waals surface area contributed by atoms with Crippen molar-refractivity contribution in [2.45, 2.75) is 25.2 Å². The minimum Gasteiger partial charge on any atom is -0.387 e. The third-order valence-electron chi connectivity index (χ3n) is 2.60. The van der Waals surface area contributed by atoms with Crippen LogP contribution in [0.1, 0.15) is 25.5 Å². The maximum atomic E-state index is 11.6. The maximum absolute atomic E-state index is 11.6. The van der Waals surface area contributed by atoms with Crippen molar-refractivity contribution < 1.29 is 13.5 Å². The Morgan fingerprint density at radius 1 is 1.12 bits per heavy atom. The minimum atomic E-state index is -3.26. The quantitative estimate of drug-likeness (QED) is 0.875. The second-order valence-corrected chi connectivity index (χ2v) is 6.60. The molecule has 0 spiro atoms. The number of aliphatic hydroxyl groups excluding tert-OH is 1. The Kier molecular flexibility index (Phi) is 4.10. The van der Waals surface area contributed by atoms with E-state index in [1.165, 1.54) is 6.26 Å². The van der Waals surface area contributed by atoms with Crippen LogP contribution in [0.5, 0.6) is 0 Å². The van der Waals surface area contributed by atoms with Gasteiger partial charge < -0.3 is 5.11 Å². The highest BCUT2D eigenvalue weighted by molar-refractivity contribution is 7.91. The van der Waals surface area contributed by atoms with Crippen molar-refractivity contribution in [3.63, 3.8) is 0 Å². The molecule has 2 unspecified atom stereocenters. The van der Waals surface area contributed by atoms with Gasteiger partial charge in [0.05, 0.1) is 11.4 Å². The first-order valence-corrected chi connectivity index (χ1v) is 7.21. The van der Waals surface area contributed by atoms with Gasteiger partial charge in [-0.3, -0.25) is 0 Å². The molecule has 0 aliphatic rings. The molecule has 2 atom stereocenters. The molecular weight excluding hydrogens is 224 g/mol. The molecule has 0 saturated carbocycles. The van der Waals surface area contributed by atoms with Gasteiger partial charge in [-0.1, -0.05) is 44.2 Å². The van der Waals surface area contributed by atoms with E-state index in [1.807, 2.05) is 6.07 Å². The van der Waals surface area contributed by atoms with Gasteiger partial charge in [0.25, 0.3) is 0 Å². The fourth-order valence-corrected chi connectivity index (χ4v) is 3.55.